The van der Waals surface area contributed by atoms with Gasteiger partial charge in [0.1, 0.15) is 10.6 Å². The molecule has 29 heavy (non-hydrogen) atoms. The van der Waals surface area contributed by atoms with Gasteiger partial charge >= 0.3 is 0 Å². The Kier molecular flexibility index (Phi) is 8.33. The summed E-state index contributed by atoms with van der Waals surface area (Å²) in [5, 5.41) is 6.56. The molecule has 0 spiro atoms. The zero-order valence-electron chi connectivity index (χ0n) is 17.8. The summed E-state index contributed by atoms with van der Waals surface area (Å²) in [7, 11) is -3.62. The first-order chi connectivity index (χ1) is 14.0. The number of nitrogens with one attached hydrogen (secondary N) is 1. The normalized spacial score (nSPS) is 18.4. The Morgan fingerprint density at radius 2 is 1.62 bits per heavy atom. The van der Waals surface area contributed by atoms with Crippen LogP contribution >= 0.6 is 11.3 Å². The number of hydrogen-bond donors (Lipinski definition) is 1. The average molecular weight is 438 g/mol. The Balaban J connectivity index is 1.79. The van der Waals surface area contributed by atoms with Crippen LogP contribution in [0.15, 0.2) is 28.6 Å². The van der Waals surface area contributed by atoms with Crippen LogP contribution in [0.25, 0.3) is 10.6 Å². The molecule has 2 aromatic rings. The zero-order chi connectivity index (χ0) is 20.7. The maximum absolute atomic E-state index is 13.4. The molecule has 0 radical (unpaired) electrons. The molecule has 1 saturated carbocycles. The van der Waals surface area contributed by atoms with Gasteiger partial charge in [-0.05, 0) is 38.1 Å². The Labute approximate surface area is 180 Å². The van der Waals surface area contributed by atoms with Crippen LogP contribution in [-0.4, -0.2) is 24.2 Å². The van der Waals surface area contributed by atoms with Crippen LogP contribution < -0.4 is 4.72 Å². The lowest BCUT2D eigenvalue weighted by molar-refractivity contribution is 0.440. The third kappa shape index (κ3) is 6.40. The lowest BCUT2D eigenvalue weighted by Gasteiger charge is -2.19. The molecule has 5 nitrogen and oxygen atoms in total. The summed E-state index contributed by atoms with van der Waals surface area (Å²) in [4.78, 5) is 1.20. The SMILES string of the molecule is CC(C)n1cc(S(=O)(=O)NC2CCCCCCCCCCC2)c(-c2cccs2)n1. The Bertz CT molecular complexity index is 830. The maximum Gasteiger partial charge on any atom is 0.244 e. The lowest BCUT2D eigenvalue weighted by atomic mass is 9.98. The average Bonchev–Trinajstić information content (AvgIpc) is 3.33. The minimum absolute atomic E-state index is 0.0120. The van der Waals surface area contributed by atoms with Gasteiger partial charge in [0.2, 0.25) is 10.0 Å². The highest BCUT2D eigenvalue weighted by Gasteiger charge is 2.27. The van der Waals surface area contributed by atoms with E-state index in [1.807, 2.05) is 31.4 Å². The first-order valence-electron chi connectivity index (χ1n) is 11.1. The maximum atomic E-state index is 13.4. The molecule has 1 N–H and O–H groups in total. The van der Waals surface area contributed by atoms with Gasteiger partial charge in [0.05, 0.1) is 4.88 Å². The fourth-order valence-corrected chi connectivity index (χ4v) is 6.23. The van der Waals surface area contributed by atoms with Gasteiger partial charge in [0, 0.05) is 18.3 Å². The van der Waals surface area contributed by atoms with E-state index in [1.54, 1.807) is 10.9 Å². The third-order valence-electron chi connectivity index (χ3n) is 5.70. The fourth-order valence-electron chi connectivity index (χ4n) is 3.98. The largest absolute Gasteiger partial charge is 0.268 e. The van der Waals surface area contributed by atoms with Crippen molar-refractivity contribution >= 4 is 21.4 Å². The summed E-state index contributed by atoms with van der Waals surface area (Å²) < 4.78 is 31.5. The minimum Gasteiger partial charge on any atom is -0.268 e. The van der Waals surface area contributed by atoms with Crippen LogP contribution in [-0.2, 0) is 10.0 Å². The second-order valence-corrected chi connectivity index (χ2v) is 11.1. The van der Waals surface area contributed by atoms with E-state index in [4.69, 9.17) is 0 Å². The van der Waals surface area contributed by atoms with Crippen molar-refractivity contribution < 1.29 is 8.42 Å². The molecule has 2 aromatic heterocycles. The molecule has 0 atom stereocenters. The van der Waals surface area contributed by atoms with Crippen LogP contribution in [0.5, 0.6) is 0 Å². The molecular formula is C22H35N3O2S2. The molecule has 0 saturated heterocycles. The van der Waals surface area contributed by atoms with Gasteiger partial charge in [-0.3, -0.25) is 4.68 Å². The monoisotopic (exact) mass is 437 g/mol. The second-order valence-electron chi connectivity index (χ2n) is 8.47. The summed E-state index contributed by atoms with van der Waals surface area (Å²) in [5.41, 5.74) is 0.564. The number of sulfonamides is 1. The molecule has 1 aliphatic rings. The van der Waals surface area contributed by atoms with Gasteiger partial charge in [0.25, 0.3) is 0 Å². The number of hydrogen-bond acceptors (Lipinski definition) is 4. The van der Waals surface area contributed by atoms with Gasteiger partial charge in [-0.2, -0.15) is 5.10 Å². The van der Waals surface area contributed by atoms with Gasteiger partial charge < -0.3 is 0 Å². The summed E-state index contributed by atoms with van der Waals surface area (Å²) >= 11 is 1.52. The van der Waals surface area contributed by atoms with E-state index in [0.717, 1.165) is 30.6 Å². The predicted molar refractivity (Wildman–Crippen MR) is 121 cm³/mol. The summed E-state index contributed by atoms with van der Waals surface area (Å²) in [5.74, 6) is 0. The van der Waals surface area contributed by atoms with Crippen molar-refractivity contribution in [3.8, 4) is 10.6 Å². The predicted octanol–water partition coefficient (Wildman–Crippen LogP) is 6.14. The molecule has 7 heteroatoms. The highest BCUT2D eigenvalue weighted by Crippen LogP contribution is 2.31. The van der Waals surface area contributed by atoms with E-state index in [1.165, 1.54) is 56.3 Å². The van der Waals surface area contributed by atoms with Crippen molar-refractivity contribution in [1.82, 2.24) is 14.5 Å². The van der Waals surface area contributed by atoms with E-state index < -0.39 is 10.0 Å². The van der Waals surface area contributed by atoms with E-state index in [2.05, 4.69) is 9.82 Å². The van der Waals surface area contributed by atoms with Gasteiger partial charge in [-0.25, -0.2) is 13.1 Å². The quantitative estimate of drug-likeness (QED) is 0.610. The van der Waals surface area contributed by atoms with E-state index >= 15 is 0 Å². The molecule has 1 fully saturated rings. The number of thiophene rings is 1. The number of rotatable bonds is 5. The van der Waals surface area contributed by atoms with E-state index in [9.17, 15) is 8.42 Å². The Morgan fingerprint density at radius 3 is 2.14 bits per heavy atom. The molecule has 0 aromatic carbocycles. The van der Waals surface area contributed by atoms with Crippen molar-refractivity contribution in [2.45, 2.75) is 101 Å². The van der Waals surface area contributed by atoms with Gasteiger partial charge in [-0.15, -0.1) is 11.3 Å². The zero-order valence-corrected chi connectivity index (χ0v) is 19.4. The summed E-state index contributed by atoms with van der Waals surface area (Å²) in [6.07, 6.45) is 14.6. The minimum atomic E-state index is -3.62. The molecule has 2 heterocycles. The van der Waals surface area contributed by atoms with Crippen molar-refractivity contribution in [3.63, 3.8) is 0 Å². The van der Waals surface area contributed by atoms with Crippen molar-refractivity contribution in [3.05, 3.63) is 23.7 Å². The molecular weight excluding hydrogens is 402 g/mol. The molecule has 1 aliphatic carbocycles. The molecule has 0 bridgehead atoms. The van der Waals surface area contributed by atoms with Crippen molar-refractivity contribution in [2.24, 2.45) is 0 Å². The van der Waals surface area contributed by atoms with Gasteiger partial charge in [-0.1, -0.05) is 63.9 Å². The standard InChI is InChI=1S/C22H35N3O2S2/c1-18(2)25-17-21(22(23-25)20-15-12-16-28-20)29(26,27)24-19-13-10-8-6-4-3-5-7-9-11-14-19/h12,15-19,24H,3-11,13-14H2,1-2H3. The first-order valence-corrected chi connectivity index (χ1v) is 13.5. The van der Waals surface area contributed by atoms with Crippen LogP contribution in [0.4, 0.5) is 0 Å². The van der Waals surface area contributed by atoms with E-state index in [-0.39, 0.29) is 12.1 Å². The number of aromatic nitrogens is 2. The number of nitrogens with zero attached hydrogens (tertiary/aromatic N) is 2. The fraction of sp³-hybridized carbons (Fsp3) is 0.682. The topological polar surface area (TPSA) is 64.0 Å². The van der Waals surface area contributed by atoms with Crippen LogP contribution in [0.3, 0.4) is 0 Å². The van der Waals surface area contributed by atoms with Crippen molar-refractivity contribution in [2.75, 3.05) is 0 Å². The van der Waals surface area contributed by atoms with E-state index in [0.29, 0.717) is 10.6 Å². The second kappa shape index (κ2) is 10.7. The Hall–Kier alpha value is -1.18. The van der Waals surface area contributed by atoms with Gasteiger partial charge in [0.15, 0.2) is 0 Å². The lowest BCUT2D eigenvalue weighted by Crippen LogP contribution is -2.35. The Morgan fingerprint density at radius 1 is 1.03 bits per heavy atom. The summed E-state index contributed by atoms with van der Waals surface area (Å²) in [6, 6.07) is 3.99. The molecule has 0 aliphatic heterocycles. The smallest absolute Gasteiger partial charge is 0.244 e. The molecule has 0 unspecified atom stereocenters. The summed E-state index contributed by atoms with van der Waals surface area (Å²) in [6.45, 7) is 4.03. The third-order valence-corrected chi connectivity index (χ3v) is 8.10. The van der Waals surface area contributed by atoms with Crippen LogP contribution in [0.2, 0.25) is 0 Å². The first kappa shape index (κ1) is 22.5. The molecule has 3 rings (SSSR count). The molecule has 0 amide bonds. The van der Waals surface area contributed by atoms with Crippen molar-refractivity contribution in [1.29, 1.82) is 0 Å². The van der Waals surface area contributed by atoms with Crippen LogP contribution in [0, 0.1) is 0 Å². The highest BCUT2D eigenvalue weighted by molar-refractivity contribution is 7.89. The molecule has 162 valence electrons. The van der Waals surface area contributed by atoms with Crippen LogP contribution in [0.1, 0.15) is 90.5 Å². The highest BCUT2D eigenvalue weighted by atomic mass is 32.2.